The van der Waals surface area contributed by atoms with Crippen LogP contribution in [-0.2, 0) is 4.79 Å². The van der Waals surface area contributed by atoms with Gasteiger partial charge in [0.2, 0.25) is 0 Å². The molecule has 2 N–H and O–H groups in total. The highest BCUT2D eigenvalue weighted by atomic mass is 32.1. The van der Waals surface area contributed by atoms with Crippen LogP contribution < -0.4 is 5.32 Å². The van der Waals surface area contributed by atoms with E-state index >= 15 is 0 Å². The van der Waals surface area contributed by atoms with Crippen molar-refractivity contribution in [1.29, 1.82) is 0 Å². The molecular formula is C11H16N2O3S. The van der Waals surface area contributed by atoms with Crippen LogP contribution in [0, 0.1) is 12.8 Å². The van der Waals surface area contributed by atoms with Gasteiger partial charge in [-0.25, -0.2) is 4.98 Å². The molecule has 0 radical (unpaired) electrons. The van der Waals surface area contributed by atoms with E-state index in [1.165, 1.54) is 11.3 Å². The molecule has 94 valence electrons. The minimum absolute atomic E-state index is 0.132. The SMILES string of the molecule is Cc1ncsc1C(=O)NCCCC(C)C(=O)O. The second-order valence-corrected chi connectivity index (χ2v) is 4.76. The Labute approximate surface area is 104 Å². The number of carbonyl (C=O) groups is 2. The van der Waals surface area contributed by atoms with Gasteiger partial charge in [-0.3, -0.25) is 9.59 Å². The van der Waals surface area contributed by atoms with E-state index in [1.807, 2.05) is 0 Å². The van der Waals surface area contributed by atoms with E-state index in [2.05, 4.69) is 10.3 Å². The smallest absolute Gasteiger partial charge is 0.306 e. The number of hydrogen-bond donors (Lipinski definition) is 2. The number of carbonyl (C=O) groups excluding carboxylic acids is 1. The number of nitrogens with zero attached hydrogens (tertiary/aromatic N) is 1. The van der Waals surface area contributed by atoms with Gasteiger partial charge in [0, 0.05) is 6.54 Å². The van der Waals surface area contributed by atoms with Crippen molar-refractivity contribution in [3.05, 3.63) is 16.1 Å². The molecule has 1 atom stereocenters. The molecular weight excluding hydrogens is 240 g/mol. The van der Waals surface area contributed by atoms with Crippen LogP contribution in [0.2, 0.25) is 0 Å². The summed E-state index contributed by atoms with van der Waals surface area (Å²) in [5.74, 6) is -1.29. The number of aliphatic carboxylic acids is 1. The summed E-state index contributed by atoms with van der Waals surface area (Å²) in [6, 6.07) is 0. The van der Waals surface area contributed by atoms with E-state index in [0.29, 0.717) is 24.3 Å². The highest BCUT2D eigenvalue weighted by molar-refractivity contribution is 7.11. The Morgan fingerprint density at radius 3 is 2.82 bits per heavy atom. The molecule has 6 heteroatoms. The second kappa shape index (κ2) is 6.34. The van der Waals surface area contributed by atoms with Crippen LogP contribution in [0.3, 0.4) is 0 Å². The summed E-state index contributed by atoms with van der Waals surface area (Å²) in [5.41, 5.74) is 2.36. The number of hydrogen-bond acceptors (Lipinski definition) is 4. The molecule has 1 rings (SSSR count). The van der Waals surface area contributed by atoms with E-state index in [9.17, 15) is 9.59 Å². The molecule has 0 fully saturated rings. The summed E-state index contributed by atoms with van der Waals surface area (Å²) in [5, 5.41) is 11.4. The lowest BCUT2D eigenvalue weighted by Crippen LogP contribution is -2.25. The molecule has 0 saturated heterocycles. The monoisotopic (exact) mass is 256 g/mol. The van der Waals surface area contributed by atoms with Gasteiger partial charge in [-0.2, -0.15) is 0 Å². The quantitative estimate of drug-likeness (QED) is 0.759. The summed E-state index contributed by atoms with van der Waals surface area (Å²) in [6.45, 7) is 3.95. The molecule has 1 amide bonds. The van der Waals surface area contributed by atoms with Gasteiger partial charge in [0.15, 0.2) is 0 Å². The summed E-state index contributed by atoms with van der Waals surface area (Å²) in [4.78, 5) is 26.8. The third-order valence-electron chi connectivity index (χ3n) is 2.47. The first-order valence-corrected chi connectivity index (χ1v) is 6.31. The molecule has 5 nitrogen and oxygen atoms in total. The molecule has 1 unspecified atom stereocenters. The van der Waals surface area contributed by atoms with Crippen molar-refractivity contribution in [2.24, 2.45) is 5.92 Å². The number of aryl methyl sites for hydroxylation is 1. The standard InChI is InChI=1S/C11H16N2O3S/c1-7(11(15)16)4-3-5-12-10(14)9-8(2)13-6-17-9/h6-7H,3-5H2,1-2H3,(H,12,14)(H,15,16). The van der Waals surface area contributed by atoms with E-state index in [1.54, 1.807) is 19.4 Å². The molecule has 0 aliphatic heterocycles. The van der Waals surface area contributed by atoms with Crippen LogP contribution in [-0.4, -0.2) is 28.5 Å². The molecule has 17 heavy (non-hydrogen) atoms. The fourth-order valence-electron chi connectivity index (χ4n) is 1.33. The fraction of sp³-hybridized carbons (Fsp3) is 0.545. The van der Waals surface area contributed by atoms with Crippen LogP contribution in [0.5, 0.6) is 0 Å². The Kier molecular flexibility index (Phi) is 5.09. The number of amides is 1. The number of nitrogens with one attached hydrogen (secondary N) is 1. The Bertz CT molecular complexity index is 403. The first kappa shape index (κ1) is 13.6. The Hall–Kier alpha value is -1.43. The normalized spacial score (nSPS) is 12.1. The maximum atomic E-state index is 11.6. The maximum absolute atomic E-state index is 11.6. The van der Waals surface area contributed by atoms with Crippen LogP contribution in [0.1, 0.15) is 35.1 Å². The molecule has 0 saturated carbocycles. The minimum atomic E-state index is -0.797. The van der Waals surface area contributed by atoms with Gasteiger partial charge in [-0.05, 0) is 19.8 Å². The van der Waals surface area contributed by atoms with Crippen molar-refractivity contribution in [2.45, 2.75) is 26.7 Å². The zero-order valence-electron chi connectivity index (χ0n) is 9.90. The van der Waals surface area contributed by atoms with Gasteiger partial charge in [0.1, 0.15) is 4.88 Å². The maximum Gasteiger partial charge on any atom is 0.306 e. The predicted molar refractivity (Wildman–Crippen MR) is 65.2 cm³/mol. The van der Waals surface area contributed by atoms with Gasteiger partial charge >= 0.3 is 5.97 Å². The summed E-state index contributed by atoms with van der Waals surface area (Å²) < 4.78 is 0. The van der Waals surface area contributed by atoms with Gasteiger partial charge in [-0.15, -0.1) is 11.3 Å². The Morgan fingerprint density at radius 1 is 1.59 bits per heavy atom. The van der Waals surface area contributed by atoms with Gasteiger partial charge < -0.3 is 10.4 Å². The van der Waals surface area contributed by atoms with E-state index in [4.69, 9.17) is 5.11 Å². The number of thiazole rings is 1. The first-order chi connectivity index (χ1) is 8.02. The average Bonchev–Trinajstić information content (AvgIpc) is 2.70. The van der Waals surface area contributed by atoms with Gasteiger partial charge in [0.25, 0.3) is 5.91 Å². The van der Waals surface area contributed by atoms with Crippen LogP contribution in [0.4, 0.5) is 0 Å². The number of carboxylic acids is 1. The third kappa shape index (κ3) is 4.14. The lowest BCUT2D eigenvalue weighted by Gasteiger charge is -2.06. The second-order valence-electron chi connectivity index (χ2n) is 3.90. The lowest BCUT2D eigenvalue weighted by atomic mass is 10.1. The molecule has 1 heterocycles. The fourth-order valence-corrected chi connectivity index (χ4v) is 2.05. The highest BCUT2D eigenvalue weighted by Crippen LogP contribution is 2.11. The highest BCUT2D eigenvalue weighted by Gasteiger charge is 2.12. The lowest BCUT2D eigenvalue weighted by molar-refractivity contribution is -0.141. The van der Waals surface area contributed by atoms with Crippen molar-refractivity contribution >= 4 is 23.2 Å². The molecule has 0 spiro atoms. The number of rotatable bonds is 6. The molecule has 0 aliphatic carbocycles. The summed E-state index contributed by atoms with van der Waals surface area (Å²) in [6.07, 6.45) is 1.23. The van der Waals surface area contributed by atoms with Crippen molar-refractivity contribution < 1.29 is 14.7 Å². The van der Waals surface area contributed by atoms with Crippen molar-refractivity contribution in [3.8, 4) is 0 Å². The van der Waals surface area contributed by atoms with Crippen molar-refractivity contribution in [1.82, 2.24) is 10.3 Å². The van der Waals surface area contributed by atoms with Crippen LogP contribution in [0.15, 0.2) is 5.51 Å². The topological polar surface area (TPSA) is 79.3 Å². The Morgan fingerprint density at radius 2 is 2.29 bits per heavy atom. The molecule has 0 aliphatic rings. The molecule has 0 aromatic carbocycles. The summed E-state index contributed by atoms with van der Waals surface area (Å²) >= 11 is 1.31. The van der Waals surface area contributed by atoms with E-state index in [-0.39, 0.29) is 11.8 Å². The van der Waals surface area contributed by atoms with Crippen molar-refractivity contribution in [2.75, 3.05) is 6.54 Å². The zero-order valence-corrected chi connectivity index (χ0v) is 10.7. The van der Waals surface area contributed by atoms with Gasteiger partial charge in [-0.1, -0.05) is 6.92 Å². The van der Waals surface area contributed by atoms with Crippen LogP contribution in [0.25, 0.3) is 0 Å². The largest absolute Gasteiger partial charge is 0.481 e. The minimum Gasteiger partial charge on any atom is -0.481 e. The number of aromatic nitrogens is 1. The Balaban J connectivity index is 2.26. The van der Waals surface area contributed by atoms with Crippen molar-refractivity contribution in [3.63, 3.8) is 0 Å². The molecule has 1 aromatic rings. The third-order valence-corrected chi connectivity index (χ3v) is 3.40. The number of carboxylic acid groups (broad SMARTS) is 1. The summed E-state index contributed by atoms with van der Waals surface area (Å²) in [7, 11) is 0. The van der Waals surface area contributed by atoms with Gasteiger partial charge in [0.05, 0.1) is 17.1 Å². The molecule has 1 aromatic heterocycles. The zero-order chi connectivity index (χ0) is 12.8. The predicted octanol–water partition coefficient (Wildman–Crippen LogP) is 1.68. The van der Waals surface area contributed by atoms with Crippen LogP contribution >= 0.6 is 11.3 Å². The first-order valence-electron chi connectivity index (χ1n) is 5.43. The average molecular weight is 256 g/mol. The molecule has 0 bridgehead atoms. The van der Waals surface area contributed by atoms with E-state index < -0.39 is 5.97 Å². The van der Waals surface area contributed by atoms with E-state index in [0.717, 1.165) is 5.69 Å².